The Morgan fingerprint density at radius 3 is 1.28 bits per heavy atom. The van der Waals surface area contributed by atoms with E-state index in [-0.39, 0.29) is 0 Å². The lowest BCUT2D eigenvalue weighted by molar-refractivity contribution is 0.566. The maximum atomic E-state index is 4.27. The molecule has 136 valence electrons. The largest absolute Gasteiger partial charge is 0.370 e. The highest BCUT2D eigenvalue weighted by atomic mass is 15.0. The quantitative estimate of drug-likeness (QED) is 0.445. The molecule has 4 heteroatoms. The van der Waals surface area contributed by atoms with Crippen molar-refractivity contribution in [3.63, 3.8) is 0 Å². The van der Waals surface area contributed by atoms with Crippen molar-refractivity contribution in [3.05, 3.63) is 48.8 Å². The number of nitrogens with one attached hydrogen (secondary N) is 2. The maximum absolute atomic E-state index is 4.27. The third-order valence-corrected chi connectivity index (χ3v) is 4.30. The molecule has 0 radical (unpaired) electrons. The molecule has 0 spiro atoms. The molecule has 2 aromatic heterocycles. The highest BCUT2D eigenvalue weighted by Gasteiger charge is 1.95. The number of rotatable bonds is 14. The SMILES string of the molecule is c1ccc(NCCCCCCCCCCCNc2ccccn2)nc1. The standard InChI is InChI=1S/C21H32N4/c1(2-4-6-10-16-22-20-14-8-12-18-24-20)3-5-7-11-17-23-21-15-9-13-19-25-21/h8-9,12-15,18-19H,1-7,10-11,16-17H2,(H,22,24)(H,23,25). The molecule has 0 fully saturated rings. The van der Waals surface area contributed by atoms with Gasteiger partial charge in [0.2, 0.25) is 0 Å². The fraction of sp³-hybridized carbons (Fsp3) is 0.524. The lowest BCUT2D eigenvalue weighted by Gasteiger charge is -2.06. The lowest BCUT2D eigenvalue weighted by atomic mass is 10.1. The molecule has 0 saturated carbocycles. The van der Waals surface area contributed by atoms with Gasteiger partial charge >= 0.3 is 0 Å². The molecule has 4 nitrogen and oxygen atoms in total. The molecule has 0 aliphatic rings. The van der Waals surface area contributed by atoms with Crippen LogP contribution >= 0.6 is 0 Å². The van der Waals surface area contributed by atoms with Crippen LogP contribution < -0.4 is 10.6 Å². The second-order valence-corrected chi connectivity index (χ2v) is 6.47. The Balaban J connectivity index is 1.30. The van der Waals surface area contributed by atoms with E-state index in [1.165, 1.54) is 57.8 Å². The van der Waals surface area contributed by atoms with Crippen molar-refractivity contribution >= 4 is 11.6 Å². The molecule has 0 bridgehead atoms. The molecule has 0 saturated heterocycles. The minimum atomic E-state index is 0.986. The first-order chi connectivity index (χ1) is 12.4. The average Bonchev–Trinajstić information content (AvgIpc) is 2.67. The first-order valence-corrected chi connectivity index (χ1v) is 9.75. The molecule has 2 aromatic rings. The zero-order chi connectivity index (χ0) is 17.4. The Labute approximate surface area is 152 Å². The Hall–Kier alpha value is -2.10. The average molecular weight is 341 g/mol. The topological polar surface area (TPSA) is 49.8 Å². The van der Waals surface area contributed by atoms with Crippen molar-refractivity contribution < 1.29 is 0 Å². The number of hydrogen-bond acceptors (Lipinski definition) is 4. The first-order valence-electron chi connectivity index (χ1n) is 9.75. The van der Waals surface area contributed by atoms with Crippen LogP contribution in [-0.2, 0) is 0 Å². The van der Waals surface area contributed by atoms with Gasteiger partial charge in [-0.3, -0.25) is 0 Å². The molecule has 0 aliphatic carbocycles. The van der Waals surface area contributed by atoms with Crippen molar-refractivity contribution in [1.82, 2.24) is 9.97 Å². The monoisotopic (exact) mass is 340 g/mol. The van der Waals surface area contributed by atoms with Gasteiger partial charge in [-0.2, -0.15) is 0 Å². The fourth-order valence-corrected chi connectivity index (χ4v) is 2.86. The van der Waals surface area contributed by atoms with Gasteiger partial charge in [-0.05, 0) is 37.1 Å². The minimum Gasteiger partial charge on any atom is -0.370 e. The van der Waals surface area contributed by atoms with E-state index >= 15 is 0 Å². The zero-order valence-electron chi connectivity index (χ0n) is 15.3. The van der Waals surface area contributed by atoms with Gasteiger partial charge in [0.25, 0.3) is 0 Å². The summed E-state index contributed by atoms with van der Waals surface area (Å²) in [7, 11) is 0. The molecule has 0 aliphatic heterocycles. The third kappa shape index (κ3) is 9.70. The van der Waals surface area contributed by atoms with E-state index in [0.29, 0.717) is 0 Å². The van der Waals surface area contributed by atoms with Gasteiger partial charge in [0, 0.05) is 25.5 Å². The molecular weight excluding hydrogens is 308 g/mol. The van der Waals surface area contributed by atoms with E-state index in [1.807, 2.05) is 48.8 Å². The number of anilines is 2. The summed E-state index contributed by atoms with van der Waals surface area (Å²) in [5.74, 6) is 1.97. The van der Waals surface area contributed by atoms with Crippen LogP contribution in [0.3, 0.4) is 0 Å². The molecule has 2 rings (SSSR count). The Kier molecular flexibility index (Phi) is 10.2. The summed E-state index contributed by atoms with van der Waals surface area (Å²) in [6.45, 7) is 2.06. The van der Waals surface area contributed by atoms with Crippen LogP contribution in [0.4, 0.5) is 11.6 Å². The molecule has 0 aromatic carbocycles. The predicted molar refractivity (Wildman–Crippen MR) is 107 cm³/mol. The summed E-state index contributed by atoms with van der Waals surface area (Å²) in [5, 5.41) is 6.73. The Bertz CT molecular complexity index is 481. The van der Waals surface area contributed by atoms with Crippen molar-refractivity contribution in [1.29, 1.82) is 0 Å². The van der Waals surface area contributed by atoms with Crippen LogP contribution in [0.5, 0.6) is 0 Å². The first kappa shape index (κ1) is 19.2. The van der Waals surface area contributed by atoms with Gasteiger partial charge in [-0.15, -0.1) is 0 Å². The summed E-state index contributed by atoms with van der Waals surface area (Å²) >= 11 is 0. The highest BCUT2D eigenvalue weighted by Crippen LogP contribution is 2.10. The van der Waals surface area contributed by atoms with E-state index < -0.39 is 0 Å². The van der Waals surface area contributed by atoms with Gasteiger partial charge in [-0.1, -0.05) is 57.1 Å². The van der Waals surface area contributed by atoms with E-state index in [2.05, 4.69) is 20.6 Å². The summed E-state index contributed by atoms with van der Waals surface area (Å²) < 4.78 is 0. The van der Waals surface area contributed by atoms with E-state index in [9.17, 15) is 0 Å². The highest BCUT2D eigenvalue weighted by molar-refractivity contribution is 5.33. The van der Waals surface area contributed by atoms with Gasteiger partial charge in [0.15, 0.2) is 0 Å². The maximum Gasteiger partial charge on any atom is 0.125 e. The lowest BCUT2D eigenvalue weighted by Crippen LogP contribution is -2.02. The van der Waals surface area contributed by atoms with E-state index in [0.717, 1.165) is 24.7 Å². The normalized spacial score (nSPS) is 10.6. The van der Waals surface area contributed by atoms with Gasteiger partial charge in [0.05, 0.1) is 0 Å². The predicted octanol–water partition coefficient (Wildman–Crippen LogP) is 5.51. The third-order valence-electron chi connectivity index (χ3n) is 4.30. The molecule has 2 heterocycles. The molecule has 0 atom stereocenters. The molecule has 0 unspecified atom stereocenters. The number of unbranched alkanes of at least 4 members (excludes halogenated alkanes) is 8. The van der Waals surface area contributed by atoms with Gasteiger partial charge in [-0.25, -0.2) is 9.97 Å². The number of pyridine rings is 2. The Morgan fingerprint density at radius 2 is 0.920 bits per heavy atom. The Morgan fingerprint density at radius 1 is 0.520 bits per heavy atom. The number of nitrogens with zero attached hydrogens (tertiary/aromatic N) is 2. The fourth-order valence-electron chi connectivity index (χ4n) is 2.86. The summed E-state index contributed by atoms with van der Waals surface area (Å²) in [5.41, 5.74) is 0. The van der Waals surface area contributed by atoms with Crippen molar-refractivity contribution in [2.24, 2.45) is 0 Å². The number of aromatic nitrogens is 2. The smallest absolute Gasteiger partial charge is 0.125 e. The van der Waals surface area contributed by atoms with Crippen LogP contribution in [0.2, 0.25) is 0 Å². The van der Waals surface area contributed by atoms with Crippen molar-refractivity contribution in [3.8, 4) is 0 Å². The van der Waals surface area contributed by atoms with Crippen LogP contribution in [-0.4, -0.2) is 23.1 Å². The zero-order valence-corrected chi connectivity index (χ0v) is 15.3. The second-order valence-electron chi connectivity index (χ2n) is 6.47. The molecular formula is C21H32N4. The molecule has 2 N–H and O–H groups in total. The van der Waals surface area contributed by atoms with Gasteiger partial charge in [0.1, 0.15) is 11.6 Å². The number of hydrogen-bond donors (Lipinski definition) is 2. The van der Waals surface area contributed by atoms with E-state index in [1.54, 1.807) is 0 Å². The summed E-state index contributed by atoms with van der Waals surface area (Å²) in [4.78, 5) is 8.53. The van der Waals surface area contributed by atoms with Crippen molar-refractivity contribution in [2.45, 2.75) is 57.8 Å². The van der Waals surface area contributed by atoms with Crippen LogP contribution in [0.1, 0.15) is 57.8 Å². The molecule has 0 amide bonds. The van der Waals surface area contributed by atoms with Crippen LogP contribution in [0.25, 0.3) is 0 Å². The van der Waals surface area contributed by atoms with Crippen molar-refractivity contribution in [2.75, 3.05) is 23.7 Å². The summed E-state index contributed by atoms with van der Waals surface area (Å²) in [6, 6.07) is 12.0. The van der Waals surface area contributed by atoms with Crippen LogP contribution in [0, 0.1) is 0 Å². The second kappa shape index (κ2) is 13.2. The summed E-state index contributed by atoms with van der Waals surface area (Å²) in [6.07, 6.45) is 15.6. The van der Waals surface area contributed by atoms with Crippen LogP contribution in [0.15, 0.2) is 48.8 Å². The van der Waals surface area contributed by atoms with E-state index in [4.69, 9.17) is 0 Å². The minimum absolute atomic E-state index is 0.986. The molecule has 25 heavy (non-hydrogen) atoms. The van der Waals surface area contributed by atoms with Gasteiger partial charge < -0.3 is 10.6 Å².